The van der Waals surface area contributed by atoms with Crippen molar-refractivity contribution in [1.29, 1.82) is 0 Å². The molecular formula is C18H17NO2S2. The monoisotopic (exact) mass is 343 g/mol. The summed E-state index contributed by atoms with van der Waals surface area (Å²) in [7, 11) is 0. The van der Waals surface area contributed by atoms with E-state index in [2.05, 4.69) is 11.4 Å². The Morgan fingerprint density at radius 3 is 2.78 bits per heavy atom. The van der Waals surface area contributed by atoms with Gasteiger partial charge in [-0.2, -0.15) is 0 Å². The summed E-state index contributed by atoms with van der Waals surface area (Å²) in [5.41, 5.74) is 0.712. The number of hydrogen-bond acceptors (Lipinski definition) is 4. The Labute approximate surface area is 143 Å². The largest absolute Gasteiger partial charge is 0.469 e. The topological polar surface area (TPSA) is 42.2 Å². The quantitative estimate of drug-likeness (QED) is 0.664. The lowest BCUT2D eigenvalue weighted by Crippen LogP contribution is -2.28. The predicted octanol–water partition coefficient (Wildman–Crippen LogP) is 4.62. The summed E-state index contributed by atoms with van der Waals surface area (Å²) in [6.07, 6.45) is 3.64. The molecule has 0 unspecified atom stereocenters. The summed E-state index contributed by atoms with van der Waals surface area (Å²) in [5, 5.41) is 5.08. The Kier molecular flexibility index (Phi) is 5.20. The molecule has 118 valence electrons. The molecule has 5 heteroatoms. The van der Waals surface area contributed by atoms with Gasteiger partial charge in [-0.3, -0.25) is 4.79 Å². The average molecular weight is 343 g/mol. The van der Waals surface area contributed by atoms with Crippen LogP contribution in [0.4, 0.5) is 0 Å². The number of carbonyl (C=O) groups is 1. The lowest BCUT2D eigenvalue weighted by Gasteiger charge is -2.15. The molecule has 3 aromatic rings. The van der Waals surface area contributed by atoms with Crippen LogP contribution in [0.25, 0.3) is 0 Å². The molecule has 1 amide bonds. The molecular weight excluding hydrogens is 326 g/mol. The first-order valence-corrected chi connectivity index (χ1v) is 9.38. The van der Waals surface area contributed by atoms with Crippen molar-refractivity contribution in [2.45, 2.75) is 10.8 Å². The Morgan fingerprint density at radius 2 is 2.09 bits per heavy atom. The minimum Gasteiger partial charge on any atom is -0.469 e. The highest BCUT2D eigenvalue weighted by Gasteiger charge is 2.20. The number of hydrogen-bond donors (Lipinski definition) is 1. The lowest BCUT2D eigenvalue weighted by molar-refractivity contribution is 0.0949. The van der Waals surface area contributed by atoms with Gasteiger partial charge < -0.3 is 9.73 Å². The Morgan fingerprint density at radius 1 is 1.22 bits per heavy atom. The average Bonchev–Trinajstić information content (AvgIpc) is 3.29. The number of furan rings is 1. The molecule has 0 saturated heterocycles. The van der Waals surface area contributed by atoms with Gasteiger partial charge in [0.2, 0.25) is 0 Å². The van der Waals surface area contributed by atoms with Crippen LogP contribution < -0.4 is 5.32 Å². The summed E-state index contributed by atoms with van der Waals surface area (Å²) in [4.78, 5) is 14.7. The van der Waals surface area contributed by atoms with Gasteiger partial charge in [-0.05, 0) is 42.0 Å². The molecule has 0 saturated carbocycles. The number of rotatable bonds is 6. The van der Waals surface area contributed by atoms with Gasteiger partial charge in [-0.25, -0.2) is 0 Å². The van der Waals surface area contributed by atoms with Crippen LogP contribution in [0, 0.1) is 0 Å². The molecule has 2 heterocycles. The van der Waals surface area contributed by atoms with E-state index in [1.54, 1.807) is 29.4 Å². The van der Waals surface area contributed by atoms with Crippen molar-refractivity contribution < 1.29 is 9.21 Å². The van der Waals surface area contributed by atoms with Crippen molar-refractivity contribution in [3.8, 4) is 0 Å². The Balaban J connectivity index is 1.76. The number of carbonyl (C=O) groups excluding carboxylic acids is 1. The minimum atomic E-state index is -0.0527. The second-order valence-corrected chi connectivity index (χ2v) is 6.82. The van der Waals surface area contributed by atoms with E-state index in [4.69, 9.17) is 4.42 Å². The third-order valence-corrected chi connectivity index (χ3v) is 5.37. The van der Waals surface area contributed by atoms with E-state index in [-0.39, 0.29) is 11.8 Å². The van der Waals surface area contributed by atoms with Gasteiger partial charge in [-0.1, -0.05) is 18.2 Å². The fraction of sp³-hybridized carbons (Fsp3) is 0.167. The van der Waals surface area contributed by atoms with E-state index in [0.29, 0.717) is 12.1 Å². The highest BCUT2D eigenvalue weighted by atomic mass is 32.2. The van der Waals surface area contributed by atoms with Crippen molar-refractivity contribution >= 4 is 29.0 Å². The zero-order valence-electron chi connectivity index (χ0n) is 12.7. The highest BCUT2D eigenvalue weighted by molar-refractivity contribution is 7.98. The third kappa shape index (κ3) is 3.68. The zero-order chi connectivity index (χ0) is 16.1. The molecule has 1 atom stereocenters. The first kappa shape index (κ1) is 15.9. The number of thioether (sulfide) groups is 1. The van der Waals surface area contributed by atoms with Crippen LogP contribution in [0.1, 0.15) is 26.9 Å². The SMILES string of the molecule is CSc1ccccc1C(=O)NC[C@@H](c1ccco1)c1cccs1. The number of benzene rings is 1. The van der Waals surface area contributed by atoms with E-state index in [1.807, 2.05) is 54.1 Å². The first-order valence-electron chi connectivity index (χ1n) is 7.27. The van der Waals surface area contributed by atoms with Gasteiger partial charge in [0.25, 0.3) is 5.91 Å². The molecule has 23 heavy (non-hydrogen) atoms. The maximum Gasteiger partial charge on any atom is 0.252 e. The summed E-state index contributed by atoms with van der Waals surface area (Å²) in [6.45, 7) is 0.509. The summed E-state index contributed by atoms with van der Waals surface area (Å²) >= 11 is 3.25. The van der Waals surface area contributed by atoms with Crippen molar-refractivity contribution in [3.63, 3.8) is 0 Å². The van der Waals surface area contributed by atoms with E-state index in [9.17, 15) is 4.79 Å². The minimum absolute atomic E-state index is 0.0374. The molecule has 0 spiro atoms. The third-order valence-electron chi connectivity index (χ3n) is 3.59. The molecule has 0 fully saturated rings. The van der Waals surface area contributed by atoms with Crippen molar-refractivity contribution in [3.05, 3.63) is 76.4 Å². The van der Waals surface area contributed by atoms with Gasteiger partial charge >= 0.3 is 0 Å². The van der Waals surface area contributed by atoms with Crippen LogP contribution in [0.5, 0.6) is 0 Å². The van der Waals surface area contributed by atoms with E-state index >= 15 is 0 Å². The molecule has 0 aliphatic heterocycles. The molecule has 3 nitrogen and oxygen atoms in total. The Bertz CT molecular complexity index is 717. The second kappa shape index (κ2) is 7.53. The molecule has 1 N–H and O–H groups in total. The van der Waals surface area contributed by atoms with Crippen LogP contribution in [-0.4, -0.2) is 18.7 Å². The van der Waals surface area contributed by atoms with Crippen LogP contribution >= 0.6 is 23.1 Å². The van der Waals surface area contributed by atoms with Crippen LogP contribution in [-0.2, 0) is 0 Å². The molecule has 0 bridgehead atoms. The second-order valence-electron chi connectivity index (χ2n) is 4.99. The maximum absolute atomic E-state index is 12.5. The van der Waals surface area contributed by atoms with Crippen LogP contribution in [0.2, 0.25) is 0 Å². The maximum atomic E-state index is 12.5. The predicted molar refractivity (Wildman–Crippen MR) is 95.4 cm³/mol. The normalized spacial score (nSPS) is 12.0. The van der Waals surface area contributed by atoms with E-state index in [1.165, 1.54) is 4.88 Å². The zero-order valence-corrected chi connectivity index (χ0v) is 14.3. The lowest BCUT2D eigenvalue weighted by atomic mass is 10.0. The Hall–Kier alpha value is -1.98. The van der Waals surface area contributed by atoms with E-state index < -0.39 is 0 Å². The van der Waals surface area contributed by atoms with Gasteiger partial charge in [0.15, 0.2) is 0 Å². The fourth-order valence-electron chi connectivity index (χ4n) is 2.44. The van der Waals surface area contributed by atoms with E-state index in [0.717, 1.165) is 10.7 Å². The molecule has 2 aromatic heterocycles. The summed E-state index contributed by atoms with van der Waals surface area (Å²) < 4.78 is 5.55. The van der Waals surface area contributed by atoms with Crippen molar-refractivity contribution in [1.82, 2.24) is 5.32 Å². The smallest absolute Gasteiger partial charge is 0.252 e. The van der Waals surface area contributed by atoms with Crippen LogP contribution in [0.3, 0.4) is 0 Å². The van der Waals surface area contributed by atoms with Crippen LogP contribution in [0.15, 0.2) is 69.5 Å². The summed E-state index contributed by atoms with van der Waals surface area (Å²) in [6, 6.07) is 15.6. The van der Waals surface area contributed by atoms with Crippen molar-refractivity contribution in [2.75, 3.05) is 12.8 Å². The molecule has 0 aliphatic carbocycles. The van der Waals surface area contributed by atoms with Gasteiger partial charge in [0.1, 0.15) is 5.76 Å². The van der Waals surface area contributed by atoms with Gasteiger partial charge in [0.05, 0.1) is 17.7 Å². The standard InChI is InChI=1S/C18H17NO2S2/c1-22-16-8-3-2-6-13(16)18(20)19-12-14(15-7-4-10-21-15)17-9-5-11-23-17/h2-11,14H,12H2,1H3,(H,19,20)/t14-/m0/s1. The highest BCUT2D eigenvalue weighted by Crippen LogP contribution is 2.28. The molecule has 0 radical (unpaired) electrons. The number of thiophene rings is 1. The number of amides is 1. The fourth-order valence-corrected chi connectivity index (χ4v) is 3.87. The molecule has 0 aliphatic rings. The van der Waals surface area contributed by atoms with Gasteiger partial charge in [0, 0.05) is 16.3 Å². The number of nitrogens with one attached hydrogen (secondary N) is 1. The molecule has 3 rings (SSSR count). The molecule has 1 aromatic carbocycles. The van der Waals surface area contributed by atoms with Gasteiger partial charge in [-0.15, -0.1) is 23.1 Å². The first-order chi connectivity index (χ1) is 11.3. The van der Waals surface area contributed by atoms with Crippen molar-refractivity contribution in [2.24, 2.45) is 0 Å². The summed E-state index contributed by atoms with van der Waals surface area (Å²) in [5.74, 6) is 0.851.